The van der Waals surface area contributed by atoms with Crippen LogP contribution in [0.3, 0.4) is 0 Å². The molecule has 6 heteroatoms. The number of likely N-dealkylation sites (tertiary alicyclic amines) is 1. The average Bonchev–Trinajstić information content (AvgIpc) is 3.34. The third kappa shape index (κ3) is 5.75. The van der Waals surface area contributed by atoms with Crippen LogP contribution in [0.1, 0.15) is 24.8 Å². The minimum atomic E-state index is -0.417. The van der Waals surface area contributed by atoms with Crippen molar-refractivity contribution in [3.8, 4) is 11.1 Å². The lowest BCUT2D eigenvalue weighted by Crippen LogP contribution is -2.56. The van der Waals surface area contributed by atoms with E-state index < -0.39 is 6.04 Å². The van der Waals surface area contributed by atoms with Crippen molar-refractivity contribution in [1.29, 1.82) is 0 Å². The van der Waals surface area contributed by atoms with Gasteiger partial charge in [0.2, 0.25) is 11.8 Å². The largest absolute Gasteiger partial charge is 0.353 e. The van der Waals surface area contributed by atoms with E-state index >= 15 is 0 Å². The molecule has 1 atom stereocenters. The number of carbonyl (C=O) groups excluding carboxylic acids is 2. The smallest absolute Gasteiger partial charge is 0.237 e. The Labute approximate surface area is 191 Å². The van der Waals surface area contributed by atoms with E-state index in [2.05, 4.69) is 51.5 Å². The third-order valence-electron chi connectivity index (χ3n) is 6.63. The second-order valence-corrected chi connectivity index (χ2v) is 8.91. The molecule has 2 aromatic rings. The number of hydrogen-bond donors (Lipinski definition) is 1. The highest BCUT2D eigenvalue weighted by Gasteiger charge is 2.32. The molecule has 0 bridgehead atoms. The number of piperazine rings is 1. The Morgan fingerprint density at radius 1 is 1.00 bits per heavy atom. The molecule has 2 amide bonds. The first-order valence-electron chi connectivity index (χ1n) is 11.7. The highest BCUT2D eigenvalue weighted by Crippen LogP contribution is 2.21. The summed E-state index contributed by atoms with van der Waals surface area (Å²) in [6, 6.07) is 18.4. The van der Waals surface area contributed by atoms with E-state index in [1.807, 2.05) is 25.2 Å². The summed E-state index contributed by atoms with van der Waals surface area (Å²) in [5.41, 5.74) is 3.52. The molecule has 0 aromatic heterocycles. The monoisotopic (exact) mass is 434 g/mol. The number of nitrogens with zero attached hydrogens (tertiary/aromatic N) is 3. The van der Waals surface area contributed by atoms with Crippen LogP contribution in [-0.4, -0.2) is 78.9 Å². The molecule has 2 saturated heterocycles. The van der Waals surface area contributed by atoms with Crippen LogP contribution in [0.15, 0.2) is 54.6 Å². The van der Waals surface area contributed by atoms with Gasteiger partial charge in [0.15, 0.2) is 0 Å². The fourth-order valence-corrected chi connectivity index (χ4v) is 4.58. The van der Waals surface area contributed by atoms with Gasteiger partial charge in [0.05, 0.1) is 12.5 Å². The van der Waals surface area contributed by atoms with Crippen molar-refractivity contribution >= 4 is 11.8 Å². The standard InChI is InChI=1S/C26H34N4O2/c1-28(17-18-29-14-5-6-15-29)25(31)19-24-26(32)27-13-16-30(24)20-21-9-11-23(12-10-21)22-7-3-2-4-8-22/h2-4,7-12,24H,5-6,13-20H2,1H3,(H,27,32). The number of carbonyl (C=O) groups is 2. The maximum Gasteiger partial charge on any atom is 0.237 e. The molecule has 2 aliphatic rings. The Morgan fingerprint density at radius 2 is 1.69 bits per heavy atom. The number of likely N-dealkylation sites (N-methyl/N-ethyl adjacent to an activating group) is 1. The molecule has 170 valence electrons. The SMILES string of the molecule is CN(CCN1CCCC1)C(=O)CC1C(=O)NCCN1Cc1ccc(-c2ccccc2)cc1. The van der Waals surface area contributed by atoms with E-state index in [9.17, 15) is 9.59 Å². The number of nitrogens with one attached hydrogen (secondary N) is 1. The van der Waals surface area contributed by atoms with Crippen LogP contribution < -0.4 is 5.32 Å². The Balaban J connectivity index is 1.35. The van der Waals surface area contributed by atoms with Crippen LogP contribution in [-0.2, 0) is 16.1 Å². The molecule has 0 spiro atoms. The Morgan fingerprint density at radius 3 is 2.41 bits per heavy atom. The first kappa shape index (κ1) is 22.5. The summed E-state index contributed by atoms with van der Waals surface area (Å²) in [5, 5.41) is 2.94. The number of benzene rings is 2. The number of hydrogen-bond acceptors (Lipinski definition) is 4. The predicted molar refractivity (Wildman–Crippen MR) is 127 cm³/mol. The number of rotatable bonds is 8. The van der Waals surface area contributed by atoms with E-state index in [-0.39, 0.29) is 18.2 Å². The molecule has 0 radical (unpaired) electrons. The summed E-state index contributed by atoms with van der Waals surface area (Å²) in [7, 11) is 1.85. The molecule has 1 N–H and O–H groups in total. The van der Waals surface area contributed by atoms with Crippen molar-refractivity contribution in [2.75, 3.05) is 46.3 Å². The van der Waals surface area contributed by atoms with Crippen molar-refractivity contribution in [3.63, 3.8) is 0 Å². The third-order valence-corrected chi connectivity index (χ3v) is 6.63. The summed E-state index contributed by atoms with van der Waals surface area (Å²) in [4.78, 5) is 31.8. The van der Waals surface area contributed by atoms with Gasteiger partial charge in [-0.2, -0.15) is 0 Å². The molecule has 2 aromatic carbocycles. The first-order chi connectivity index (χ1) is 15.6. The zero-order valence-electron chi connectivity index (χ0n) is 19.0. The highest BCUT2D eigenvalue weighted by molar-refractivity contribution is 5.88. The lowest BCUT2D eigenvalue weighted by atomic mass is 10.0. The lowest BCUT2D eigenvalue weighted by Gasteiger charge is -2.35. The van der Waals surface area contributed by atoms with Gasteiger partial charge in [-0.3, -0.25) is 14.5 Å². The zero-order valence-corrected chi connectivity index (χ0v) is 19.0. The van der Waals surface area contributed by atoms with Crippen LogP contribution in [0.2, 0.25) is 0 Å². The highest BCUT2D eigenvalue weighted by atomic mass is 16.2. The summed E-state index contributed by atoms with van der Waals surface area (Å²) in [5.74, 6) is -0.00544. The van der Waals surface area contributed by atoms with Crippen molar-refractivity contribution in [3.05, 3.63) is 60.2 Å². The number of amides is 2. The predicted octanol–water partition coefficient (Wildman–Crippen LogP) is 2.60. The molecule has 6 nitrogen and oxygen atoms in total. The maximum absolute atomic E-state index is 12.9. The van der Waals surface area contributed by atoms with Crippen molar-refractivity contribution in [2.24, 2.45) is 0 Å². The van der Waals surface area contributed by atoms with E-state index in [1.165, 1.54) is 24.0 Å². The molecular formula is C26H34N4O2. The molecule has 2 aliphatic heterocycles. The summed E-state index contributed by atoms with van der Waals surface area (Å²) >= 11 is 0. The van der Waals surface area contributed by atoms with Gasteiger partial charge < -0.3 is 15.1 Å². The summed E-state index contributed by atoms with van der Waals surface area (Å²) in [6.07, 6.45) is 2.73. The van der Waals surface area contributed by atoms with Gasteiger partial charge in [0.1, 0.15) is 0 Å². The van der Waals surface area contributed by atoms with Crippen LogP contribution in [0.5, 0.6) is 0 Å². The molecule has 0 saturated carbocycles. The maximum atomic E-state index is 12.9. The van der Waals surface area contributed by atoms with Crippen LogP contribution in [0, 0.1) is 0 Å². The van der Waals surface area contributed by atoms with Crippen LogP contribution in [0.4, 0.5) is 0 Å². The van der Waals surface area contributed by atoms with Gasteiger partial charge in [-0.1, -0.05) is 54.6 Å². The van der Waals surface area contributed by atoms with E-state index in [4.69, 9.17) is 0 Å². The molecule has 0 aliphatic carbocycles. The Bertz CT molecular complexity index is 894. The Kier molecular flexibility index (Phi) is 7.55. The van der Waals surface area contributed by atoms with Crippen LogP contribution >= 0.6 is 0 Å². The zero-order chi connectivity index (χ0) is 22.3. The molecule has 4 rings (SSSR count). The van der Waals surface area contributed by atoms with E-state index in [0.717, 1.165) is 31.7 Å². The van der Waals surface area contributed by atoms with Gasteiger partial charge in [0, 0.05) is 39.8 Å². The van der Waals surface area contributed by atoms with Gasteiger partial charge in [-0.15, -0.1) is 0 Å². The average molecular weight is 435 g/mol. The lowest BCUT2D eigenvalue weighted by molar-refractivity contribution is -0.138. The van der Waals surface area contributed by atoms with Gasteiger partial charge in [0.25, 0.3) is 0 Å². The first-order valence-corrected chi connectivity index (χ1v) is 11.7. The second-order valence-electron chi connectivity index (χ2n) is 8.91. The van der Waals surface area contributed by atoms with Crippen molar-refractivity contribution in [2.45, 2.75) is 31.8 Å². The van der Waals surface area contributed by atoms with Crippen molar-refractivity contribution in [1.82, 2.24) is 20.0 Å². The Hall–Kier alpha value is -2.70. The molecule has 2 heterocycles. The summed E-state index contributed by atoms with van der Waals surface area (Å²) in [6.45, 7) is 5.93. The van der Waals surface area contributed by atoms with E-state index in [0.29, 0.717) is 19.6 Å². The quantitative estimate of drug-likeness (QED) is 0.694. The van der Waals surface area contributed by atoms with Crippen LogP contribution in [0.25, 0.3) is 11.1 Å². The molecule has 2 fully saturated rings. The minimum absolute atomic E-state index is 0.0377. The molecule has 32 heavy (non-hydrogen) atoms. The summed E-state index contributed by atoms with van der Waals surface area (Å²) < 4.78 is 0. The van der Waals surface area contributed by atoms with Gasteiger partial charge >= 0.3 is 0 Å². The molecule has 1 unspecified atom stereocenters. The van der Waals surface area contributed by atoms with Gasteiger partial charge in [-0.25, -0.2) is 0 Å². The minimum Gasteiger partial charge on any atom is -0.353 e. The van der Waals surface area contributed by atoms with E-state index in [1.54, 1.807) is 4.90 Å². The second kappa shape index (κ2) is 10.7. The topological polar surface area (TPSA) is 55.9 Å². The van der Waals surface area contributed by atoms with Crippen molar-refractivity contribution < 1.29 is 9.59 Å². The van der Waals surface area contributed by atoms with Gasteiger partial charge in [-0.05, 0) is 42.6 Å². The normalized spacial score (nSPS) is 19.7. The fourth-order valence-electron chi connectivity index (χ4n) is 4.58. The molecular weight excluding hydrogens is 400 g/mol. The fraction of sp³-hybridized carbons (Fsp3) is 0.462.